The van der Waals surface area contributed by atoms with Crippen molar-refractivity contribution in [3.63, 3.8) is 0 Å². The fraction of sp³-hybridized carbons (Fsp3) is 0.500. The smallest absolute Gasteiger partial charge is 0.356 e. The van der Waals surface area contributed by atoms with Gasteiger partial charge in [-0.25, -0.2) is 4.79 Å². The van der Waals surface area contributed by atoms with E-state index in [-0.39, 0.29) is 11.6 Å². The molecule has 0 unspecified atom stereocenters. The molecule has 0 saturated carbocycles. The standard InChI is InChI=1S/C20H27N3O4/c1-4-13-8-5-6-11-23(13)12-16(24)22-18-17-14(9-7-10-15(17)26-2)21-19(18)20(25)27-3/h7,9-10,13,21H,4-6,8,11-12H2,1-3H3,(H,22,24)/t13-/m0/s1. The number of piperidine rings is 1. The van der Waals surface area contributed by atoms with Crippen LogP contribution in [0.2, 0.25) is 0 Å². The molecule has 1 saturated heterocycles. The Bertz CT molecular complexity index is 830. The van der Waals surface area contributed by atoms with Gasteiger partial charge in [0.05, 0.1) is 37.4 Å². The Labute approximate surface area is 159 Å². The molecule has 0 spiro atoms. The Morgan fingerprint density at radius 3 is 2.81 bits per heavy atom. The molecule has 2 aromatic rings. The van der Waals surface area contributed by atoms with Crippen LogP contribution in [0.1, 0.15) is 43.1 Å². The number of nitrogens with one attached hydrogen (secondary N) is 2. The van der Waals surface area contributed by atoms with Gasteiger partial charge in [0.15, 0.2) is 0 Å². The first-order valence-corrected chi connectivity index (χ1v) is 9.39. The van der Waals surface area contributed by atoms with Crippen LogP contribution < -0.4 is 10.1 Å². The third-order valence-electron chi connectivity index (χ3n) is 5.23. The number of nitrogens with zero attached hydrogens (tertiary/aromatic N) is 1. The number of esters is 1. The molecule has 1 aliphatic heterocycles. The van der Waals surface area contributed by atoms with Crippen molar-refractivity contribution in [1.29, 1.82) is 0 Å². The SMILES string of the molecule is CC[C@H]1CCCCN1CC(=O)Nc1c(C(=O)OC)[nH]c2cccc(OC)c12. The number of carbonyl (C=O) groups excluding carboxylic acids is 2. The molecule has 146 valence electrons. The highest BCUT2D eigenvalue weighted by Crippen LogP contribution is 2.35. The third kappa shape index (κ3) is 3.93. The molecule has 2 N–H and O–H groups in total. The average Bonchev–Trinajstić information content (AvgIpc) is 3.06. The van der Waals surface area contributed by atoms with Crippen molar-refractivity contribution >= 4 is 28.5 Å². The molecule has 0 radical (unpaired) electrons. The van der Waals surface area contributed by atoms with Crippen LogP contribution in [0, 0.1) is 0 Å². The number of aromatic nitrogens is 1. The molecule has 0 bridgehead atoms. The minimum Gasteiger partial charge on any atom is -0.496 e. The zero-order valence-electron chi connectivity index (χ0n) is 16.1. The van der Waals surface area contributed by atoms with Gasteiger partial charge in [0.1, 0.15) is 11.4 Å². The largest absolute Gasteiger partial charge is 0.496 e. The quantitative estimate of drug-likeness (QED) is 0.760. The van der Waals surface area contributed by atoms with E-state index < -0.39 is 5.97 Å². The zero-order valence-corrected chi connectivity index (χ0v) is 16.1. The molecular weight excluding hydrogens is 346 g/mol. The monoisotopic (exact) mass is 373 g/mol. The van der Waals surface area contributed by atoms with E-state index >= 15 is 0 Å². The predicted molar refractivity (Wildman–Crippen MR) is 104 cm³/mol. The summed E-state index contributed by atoms with van der Waals surface area (Å²) in [6.07, 6.45) is 4.47. The lowest BCUT2D eigenvalue weighted by atomic mass is 10.00. The number of carbonyl (C=O) groups is 2. The summed E-state index contributed by atoms with van der Waals surface area (Å²) in [5.41, 5.74) is 1.33. The van der Waals surface area contributed by atoms with Crippen molar-refractivity contribution in [3.8, 4) is 5.75 Å². The summed E-state index contributed by atoms with van der Waals surface area (Å²) in [6.45, 7) is 3.38. The summed E-state index contributed by atoms with van der Waals surface area (Å²) in [5, 5.41) is 3.59. The van der Waals surface area contributed by atoms with E-state index in [0.717, 1.165) is 25.8 Å². The van der Waals surface area contributed by atoms with Crippen LogP contribution in [-0.4, -0.2) is 55.1 Å². The summed E-state index contributed by atoms with van der Waals surface area (Å²) in [5.74, 6) is -0.0983. The maximum atomic E-state index is 12.8. The van der Waals surface area contributed by atoms with E-state index in [9.17, 15) is 9.59 Å². The highest BCUT2D eigenvalue weighted by Gasteiger charge is 2.26. The molecule has 1 aliphatic rings. The molecule has 7 heteroatoms. The molecule has 2 heterocycles. The minimum atomic E-state index is -0.534. The summed E-state index contributed by atoms with van der Waals surface area (Å²) in [7, 11) is 2.88. The second kappa shape index (κ2) is 8.43. The molecule has 27 heavy (non-hydrogen) atoms. The Kier molecular flexibility index (Phi) is 6.01. The number of anilines is 1. The van der Waals surface area contributed by atoms with Gasteiger partial charge < -0.3 is 19.8 Å². The van der Waals surface area contributed by atoms with Crippen molar-refractivity contribution in [2.24, 2.45) is 0 Å². The number of ether oxygens (including phenoxy) is 2. The highest BCUT2D eigenvalue weighted by molar-refractivity contribution is 6.13. The fourth-order valence-corrected chi connectivity index (χ4v) is 3.86. The summed E-state index contributed by atoms with van der Waals surface area (Å²) < 4.78 is 10.3. The van der Waals surface area contributed by atoms with Crippen LogP contribution in [0.15, 0.2) is 18.2 Å². The van der Waals surface area contributed by atoms with Crippen LogP contribution in [-0.2, 0) is 9.53 Å². The number of hydrogen-bond donors (Lipinski definition) is 2. The van der Waals surface area contributed by atoms with Crippen LogP contribution >= 0.6 is 0 Å². The maximum Gasteiger partial charge on any atom is 0.356 e. The summed E-state index contributed by atoms with van der Waals surface area (Å²) in [6, 6.07) is 5.88. The molecular formula is C20H27N3O4. The van der Waals surface area contributed by atoms with Gasteiger partial charge in [-0.1, -0.05) is 19.4 Å². The molecule has 7 nitrogen and oxygen atoms in total. The molecule has 1 aromatic heterocycles. The molecule has 3 rings (SSSR count). The number of methoxy groups -OCH3 is 2. The predicted octanol–water partition coefficient (Wildman–Crippen LogP) is 3.17. The molecule has 1 aromatic carbocycles. The number of amides is 1. The third-order valence-corrected chi connectivity index (χ3v) is 5.23. The average molecular weight is 373 g/mol. The first-order valence-electron chi connectivity index (χ1n) is 9.39. The minimum absolute atomic E-state index is 0.146. The molecule has 0 aliphatic carbocycles. The second-order valence-corrected chi connectivity index (χ2v) is 6.83. The lowest BCUT2D eigenvalue weighted by Crippen LogP contribution is -2.43. The Hall–Kier alpha value is -2.54. The number of fused-ring (bicyclic) bond motifs is 1. The normalized spacial score (nSPS) is 17.7. The second-order valence-electron chi connectivity index (χ2n) is 6.83. The zero-order chi connectivity index (χ0) is 19.4. The van der Waals surface area contributed by atoms with Gasteiger partial charge in [-0.15, -0.1) is 0 Å². The lowest BCUT2D eigenvalue weighted by Gasteiger charge is -2.34. The van der Waals surface area contributed by atoms with Gasteiger partial charge in [0.2, 0.25) is 5.91 Å². The Morgan fingerprint density at radius 2 is 2.11 bits per heavy atom. The number of H-pyrrole nitrogens is 1. The number of benzene rings is 1. The summed E-state index contributed by atoms with van der Waals surface area (Å²) >= 11 is 0. The van der Waals surface area contributed by atoms with Crippen molar-refractivity contribution in [1.82, 2.24) is 9.88 Å². The van der Waals surface area contributed by atoms with Crippen molar-refractivity contribution < 1.29 is 19.1 Å². The van der Waals surface area contributed by atoms with Crippen LogP contribution in [0.3, 0.4) is 0 Å². The van der Waals surface area contributed by atoms with Gasteiger partial charge >= 0.3 is 5.97 Å². The van der Waals surface area contributed by atoms with Crippen LogP contribution in [0.4, 0.5) is 5.69 Å². The van der Waals surface area contributed by atoms with E-state index in [1.54, 1.807) is 13.2 Å². The first-order chi connectivity index (χ1) is 13.1. The highest BCUT2D eigenvalue weighted by atomic mass is 16.5. The van der Waals surface area contributed by atoms with Crippen molar-refractivity contribution in [2.45, 2.75) is 38.6 Å². The first kappa shape index (κ1) is 19.2. The van der Waals surface area contributed by atoms with Gasteiger partial charge in [0.25, 0.3) is 0 Å². The lowest BCUT2D eigenvalue weighted by molar-refractivity contribution is -0.118. The Balaban J connectivity index is 1.90. The van der Waals surface area contributed by atoms with E-state index in [0.29, 0.717) is 34.9 Å². The van der Waals surface area contributed by atoms with Gasteiger partial charge in [0, 0.05) is 6.04 Å². The van der Waals surface area contributed by atoms with Crippen LogP contribution in [0.5, 0.6) is 5.75 Å². The van der Waals surface area contributed by atoms with Gasteiger partial charge in [-0.3, -0.25) is 9.69 Å². The van der Waals surface area contributed by atoms with E-state index in [1.165, 1.54) is 13.5 Å². The molecule has 1 fully saturated rings. The number of rotatable bonds is 6. The van der Waals surface area contributed by atoms with Crippen LogP contribution in [0.25, 0.3) is 10.9 Å². The van der Waals surface area contributed by atoms with Gasteiger partial charge in [-0.2, -0.15) is 0 Å². The molecule has 1 atom stereocenters. The van der Waals surface area contributed by atoms with E-state index in [1.807, 2.05) is 12.1 Å². The van der Waals surface area contributed by atoms with E-state index in [4.69, 9.17) is 9.47 Å². The topological polar surface area (TPSA) is 83.7 Å². The van der Waals surface area contributed by atoms with E-state index in [2.05, 4.69) is 22.1 Å². The maximum absolute atomic E-state index is 12.8. The summed E-state index contributed by atoms with van der Waals surface area (Å²) in [4.78, 5) is 30.3. The van der Waals surface area contributed by atoms with Gasteiger partial charge in [-0.05, 0) is 37.9 Å². The number of likely N-dealkylation sites (tertiary alicyclic amines) is 1. The fourth-order valence-electron chi connectivity index (χ4n) is 3.86. The van der Waals surface area contributed by atoms with Crippen molar-refractivity contribution in [3.05, 3.63) is 23.9 Å². The molecule has 1 amide bonds. The van der Waals surface area contributed by atoms with Crippen molar-refractivity contribution in [2.75, 3.05) is 32.6 Å². The Morgan fingerprint density at radius 1 is 1.30 bits per heavy atom. The number of hydrogen-bond acceptors (Lipinski definition) is 5. The number of aromatic amines is 1.